The maximum atomic E-state index is 13.6. The molecular weight excluding hydrogens is 365 g/mol. The van der Waals surface area contributed by atoms with Gasteiger partial charge in [-0.3, -0.25) is 4.57 Å². The Bertz CT molecular complexity index is 769. The van der Waals surface area contributed by atoms with E-state index in [0.717, 1.165) is 0 Å². The van der Waals surface area contributed by atoms with E-state index in [1.165, 1.54) is 6.07 Å². The number of hydrogen-bond donors (Lipinski definition) is 1. The second-order valence-corrected chi connectivity index (χ2v) is 8.11. The number of rotatable bonds is 11. The zero-order valence-corrected chi connectivity index (χ0v) is 16.5. The highest BCUT2D eigenvalue weighted by Crippen LogP contribution is 2.61. The summed E-state index contributed by atoms with van der Waals surface area (Å²) in [5, 5.41) is 14.5. The van der Waals surface area contributed by atoms with Crippen LogP contribution < -0.4 is 10.4 Å². The van der Waals surface area contributed by atoms with Crippen molar-refractivity contribution >= 4 is 19.3 Å². The molecule has 0 aliphatic heterocycles. The van der Waals surface area contributed by atoms with Gasteiger partial charge >= 0.3 is 7.60 Å². The van der Waals surface area contributed by atoms with Crippen LogP contribution in [0.1, 0.15) is 48.4 Å². The van der Waals surface area contributed by atoms with Crippen molar-refractivity contribution in [2.24, 2.45) is 0 Å². The summed E-state index contributed by atoms with van der Waals surface area (Å²) < 4.78 is 25.0. The molecular formula is C20H25NO5P-. The van der Waals surface area contributed by atoms with Crippen LogP contribution in [0, 0.1) is 0 Å². The second-order valence-electron chi connectivity index (χ2n) is 6.00. The van der Waals surface area contributed by atoms with Gasteiger partial charge in [-0.2, -0.15) is 0 Å². The number of para-hydroxylation sites is 1. The fourth-order valence-electron chi connectivity index (χ4n) is 2.54. The van der Waals surface area contributed by atoms with Crippen LogP contribution in [0.15, 0.2) is 54.6 Å². The molecule has 146 valence electrons. The Morgan fingerprint density at radius 3 is 2.11 bits per heavy atom. The number of carboxylic acid groups (broad SMARTS) is 1. The van der Waals surface area contributed by atoms with E-state index in [2.05, 4.69) is 5.32 Å². The number of hydrogen-bond acceptors (Lipinski definition) is 6. The van der Waals surface area contributed by atoms with Crippen molar-refractivity contribution in [3.8, 4) is 0 Å². The van der Waals surface area contributed by atoms with E-state index in [1.54, 1.807) is 30.3 Å². The van der Waals surface area contributed by atoms with E-state index in [0.29, 0.717) is 24.1 Å². The predicted octanol–water partition coefficient (Wildman–Crippen LogP) is 4.21. The molecule has 6 nitrogen and oxygen atoms in total. The number of anilines is 1. The van der Waals surface area contributed by atoms with Crippen molar-refractivity contribution in [3.05, 3.63) is 65.7 Å². The van der Waals surface area contributed by atoms with Crippen LogP contribution >= 0.6 is 7.60 Å². The topological polar surface area (TPSA) is 87.7 Å². The van der Waals surface area contributed by atoms with E-state index in [4.69, 9.17) is 9.05 Å². The summed E-state index contributed by atoms with van der Waals surface area (Å²) in [6, 6.07) is 15.4. The summed E-state index contributed by atoms with van der Waals surface area (Å²) in [7, 11) is -3.62. The quantitative estimate of drug-likeness (QED) is 0.579. The number of carbonyl (C=O) groups excluding carboxylic acids is 1. The molecule has 0 fully saturated rings. The minimum absolute atomic E-state index is 0.0176. The Balaban J connectivity index is 2.47. The first-order valence-electron chi connectivity index (χ1n) is 9.02. The molecule has 2 aromatic rings. The van der Waals surface area contributed by atoms with Crippen LogP contribution in [0.3, 0.4) is 0 Å². The van der Waals surface area contributed by atoms with Gasteiger partial charge in [0.05, 0.1) is 19.2 Å². The summed E-state index contributed by atoms with van der Waals surface area (Å²) >= 11 is 0. The van der Waals surface area contributed by atoms with Crippen LogP contribution in [-0.4, -0.2) is 19.2 Å². The second kappa shape index (κ2) is 10.3. The predicted molar refractivity (Wildman–Crippen MR) is 104 cm³/mol. The van der Waals surface area contributed by atoms with Crippen molar-refractivity contribution in [3.63, 3.8) is 0 Å². The molecule has 0 aliphatic rings. The van der Waals surface area contributed by atoms with Crippen LogP contribution in [0.25, 0.3) is 0 Å². The summed E-state index contributed by atoms with van der Waals surface area (Å²) in [6.07, 6.45) is 1.35. The van der Waals surface area contributed by atoms with Crippen molar-refractivity contribution in [1.82, 2.24) is 0 Å². The molecule has 1 N–H and O–H groups in total. The minimum atomic E-state index is -3.62. The normalized spacial score (nSPS) is 12.5. The summed E-state index contributed by atoms with van der Waals surface area (Å²) in [5.41, 5.74) is 0.962. The first kappa shape index (κ1) is 21.2. The van der Waals surface area contributed by atoms with Gasteiger partial charge in [0.25, 0.3) is 0 Å². The Hall–Kier alpha value is -2.14. The van der Waals surface area contributed by atoms with Crippen LogP contribution in [0.2, 0.25) is 0 Å². The number of aromatic carboxylic acids is 1. The molecule has 0 radical (unpaired) electrons. The highest BCUT2D eigenvalue weighted by Gasteiger charge is 2.37. The molecule has 0 bridgehead atoms. The first-order valence-corrected chi connectivity index (χ1v) is 10.6. The van der Waals surface area contributed by atoms with Gasteiger partial charge in [0.15, 0.2) is 5.78 Å². The Morgan fingerprint density at radius 1 is 1.00 bits per heavy atom. The van der Waals surface area contributed by atoms with Crippen molar-refractivity contribution in [2.45, 2.75) is 32.5 Å². The van der Waals surface area contributed by atoms with Crippen LogP contribution in [0.4, 0.5) is 5.69 Å². The highest BCUT2D eigenvalue weighted by atomic mass is 31.2. The smallest absolute Gasteiger partial charge is 0.357 e. The molecule has 0 heterocycles. The zero-order valence-electron chi connectivity index (χ0n) is 15.6. The molecule has 2 aromatic carbocycles. The molecule has 0 saturated heterocycles. The third-order valence-electron chi connectivity index (χ3n) is 3.82. The summed E-state index contributed by atoms with van der Waals surface area (Å²) in [6.45, 7) is 4.38. The van der Waals surface area contributed by atoms with Crippen LogP contribution in [-0.2, 0) is 13.6 Å². The summed E-state index contributed by atoms with van der Waals surface area (Å²) in [4.78, 5) is 11.5. The average Bonchev–Trinajstić information content (AvgIpc) is 2.69. The van der Waals surface area contributed by atoms with E-state index in [9.17, 15) is 14.5 Å². The maximum Gasteiger partial charge on any atom is 0.357 e. The van der Waals surface area contributed by atoms with Gasteiger partial charge in [0, 0.05) is 11.3 Å². The minimum Gasteiger partial charge on any atom is -0.545 e. The van der Waals surface area contributed by atoms with E-state index in [-0.39, 0.29) is 18.8 Å². The van der Waals surface area contributed by atoms with Gasteiger partial charge in [-0.25, -0.2) is 0 Å². The van der Waals surface area contributed by atoms with Gasteiger partial charge in [0.2, 0.25) is 0 Å². The van der Waals surface area contributed by atoms with Gasteiger partial charge < -0.3 is 24.3 Å². The van der Waals surface area contributed by atoms with E-state index >= 15 is 0 Å². The van der Waals surface area contributed by atoms with Crippen molar-refractivity contribution in [1.29, 1.82) is 0 Å². The lowest BCUT2D eigenvalue weighted by Crippen LogP contribution is -2.25. The average molecular weight is 390 g/mol. The molecule has 0 aromatic heterocycles. The molecule has 0 unspecified atom stereocenters. The standard InChI is InChI=1S/C20H26NO5P/c1-3-14-25-27(24,26-15-4-2)19(16-10-6-5-7-11-16)21-18-13-9-8-12-17(18)20(22)23/h5-13,19,21H,3-4,14-15H2,1-2H3,(H,22,23)/p-1/t19-/m0/s1. The monoisotopic (exact) mass is 390 g/mol. The Morgan fingerprint density at radius 2 is 1.56 bits per heavy atom. The van der Waals surface area contributed by atoms with Crippen molar-refractivity contribution in [2.75, 3.05) is 18.5 Å². The zero-order chi connectivity index (χ0) is 19.7. The summed E-state index contributed by atoms with van der Waals surface area (Å²) in [5.74, 6) is -2.17. The molecule has 1 atom stereocenters. The molecule has 0 spiro atoms. The molecule has 2 rings (SSSR count). The maximum absolute atomic E-state index is 13.6. The lowest BCUT2D eigenvalue weighted by atomic mass is 10.1. The Kier molecular flexibility index (Phi) is 8.04. The lowest BCUT2D eigenvalue weighted by molar-refractivity contribution is -0.254. The third-order valence-corrected chi connectivity index (χ3v) is 5.97. The fraction of sp³-hybridized carbons (Fsp3) is 0.350. The van der Waals surface area contributed by atoms with Gasteiger partial charge in [-0.1, -0.05) is 62.4 Å². The number of benzene rings is 2. The van der Waals surface area contributed by atoms with Gasteiger partial charge in [-0.05, 0) is 24.5 Å². The van der Waals surface area contributed by atoms with E-state index in [1.807, 2.05) is 32.0 Å². The molecule has 0 amide bonds. The first-order chi connectivity index (χ1) is 13.0. The van der Waals surface area contributed by atoms with Gasteiger partial charge in [0.1, 0.15) is 0 Å². The highest BCUT2D eigenvalue weighted by molar-refractivity contribution is 7.54. The molecule has 0 saturated carbocycles. The van der Waals surface area contributed by atoms with Crippen molar-refractivity contribution < 1.29 is 23.5 Å². The van der Waals surface area contributed by atoms with E-state index < -0.39 is 19.3 Å². The number of nitrogens with one attached hydrogen (secondary N) is 1. The largest absolute Gasteiger partial charge is 0.545 e. The molecule has 27 heavy (non-hydrogen) atoms. The molecule has 7 heteroatoms. The van der Waals surface area contributed by atoms with Crippen LogP contribution in [0.5, 0.6) is 0 Å². The lowest BCUT2D eigenvalue weighted by Gasteiger charge is -2.29. The SMILES string of the molecule is CCCOP(=O)(OCCC)[C@H](Nc1ccccc1C(=O)[O-])c1ccccc1. The van der Waals surface area contributed by atoms with Gasteiger partial charge in [-0.15, -0.1) is 0 Å². The fourth-order valence-corrected chi connectivity index (χ4v) is 4.62. The third kappa shape index (κ3) is 5.67. The molecule has 0 aliphatic carbocycles. The Labute approximate surface area is 160 Å². The number of carboxylic acids is 1. The number of carbonyl (C=O) groups is 1.